The summed E-state index contributed by atoms with van der Waals surface area (Å²) in [6.45, 7) is 5.31. The van der Waals surface area contributed by atoms with Gasteiger partial charge < -0.3 is 9.32 Å². The number of pyridine rings is 1. The Morgan fingerprint density at radius 2 is 2.00 bits per heavy atom. The smallest absolute Gasteiger partial charge is 0.314 e. The maximum Gasteiger partial charge on any atom is 0.314 e. The van der Waals surface area contributed by atoms with Gasteiger partial charge in [0.05, 0.1) is 23.5 Å². The Morgan fingerprint density at radius 3 is 2.62 bits per heavy atom. The molecule has 1 aliphatic rings. The summed E-state index contributed by atoms with van der Waals surface area (Å²) in [6.07, 6.45) is -1.46. The molecule has 0 unspecified atom stereocenters. The van der Waals surface area contributed by atoms with Crippen molar-refractivity contribution in [3.05, 3.63) is 59.7 Å². The maximum absolute atomic E-state index is 13.7. The van der Waals surface area contributed by atoms with Crippen molar-refractivity contribution in [2.75, 3.05) is 31.0 Å². The molecule has 0 radical (unpaired) electrons. The molecular weight excluding hydrogens is 466 g/mol. The van der Waals surface area contributed by atoms with Crippen LogP contribution in [-0.4, -0.2) is 65.5 Å². The lowest BCUT2D eigenvalue weighted by atomic mass is 10.2. The topological polar surface area (TPSA) is 95.7 Å². The number of halogens is 2. The van der Waals surface area contributed by atoms with Crippen LogP contribution < -0.4 is 4.31 Å². The van der Waals surface area contributed by atoms with Crippen LogP contribution in [0.15, 0.2) is 47.0 Å². The molecule has 0 aliphatic carbocycles. The molecular formula is C22H26F2N6O3S. The molecule has 1 fully saturated rings. The lowest BCUT2D eigenvalue weighted by Gasteiger charge is -2.39. The zero-order valence-corrected chi connectivity index (χ0v) is 19.9. The second-order valence-corrected chi connectivity index (χ2v) is 10.2. The third-order valence-corrected chi connectivity index (χ3v) is 7.70. The number of likely N-dealkylation sites (N-methyl/N-ethyl adjacent to an activating group) is 1. The van der Waals surface area contributed by atoms with Crippen LogP contribution in [0.3, 0.4) is 0 Å². The van der Waals surface area contributed by atoms with E-state index < -0.39 is 22.5 Å². The fourth-order valence-corrected chi connectivity index (χ4v) is 5.35. The first-order valence-corrected chi connectivity index (χ1v) is 12.2. The average molecular weight is 493 g/mol. The van der Waals surface area contributed by atoms with Gasteiger partial charge in [0.2, 0.25) is 5.89 Å². The molecule has 3 aromatic rings. The Bertz CT molecular complexity index is 1240. The number of aryl methyl sites for hydroxylation is 1. The summed E-state index contributed by atoms with van der Waals surface area (Å²) in [5.74, 6) is -0.846. The molecule has 0 saturated carbocycles. The number of nitrogens with zero attached hydrogens (tertiary/aromatic N) is 6. The van der Waals surface area contributed by atoms with Gasteiger partial charge in [-0.3, -0.25) is 9.29 Å². The van der Waals surface area contributed by atoms with Crippen molar-refractivity contribution in [3.63, 3.8) is 0 Å². The van der Waals surface area contributed by atoms with E-state index in [4.69, 9.17) is 4.42 Å². The van der Waals surface area contributed by atoms with Crippen LogP contribution in [0.4, 0.5) is 14.5 Å². The van der Waals surface area contributed by atoms with E-state index in [0.717, 1.165) is 5.56 Å². The van der Waals surface area contributed by atoms with Crippen molar-refractivity contribution in [3.8, 4) is 11.5 Å². The summed E-state index contributed by atoms with van der Waals surface area (Å²) in [7, 11) is -1.86. The summed E-state index contributed by atoms with van der Waals surface area (Å²) in [5, 5.41) is 6.93. The third kappa shape index (κ3) is 5.08. The van der Waals surface area contributed by atoms with Gasteiger partial charge in [0.15, 0.2) is 0 Å². The van der Waals surface area contributed by atoms with Crippen LogP contribution >= 0.6 is 0 Å². The number of anilines is 1. The molecule has 1 aromatic carbocycles. The van der Waals surface area contributed by atoms with Crippen LogP contribution in [0, 0.1) is 6.92 Å². The van der Waals surface area contributed by atoms with Gasteiger partial charge in [0, 0.05) is 31.9 Å². The van der Waals surface area contributed by atoms with Crippen LogP contribution in [-0.2, 0) is 16.8 Å². The highest BCUT2D eigenvalue weighted by Gasteiger charge is 2.35. The first kappa shape index (κ1) is 24.2. The van der Waals surface area contributed by atoms with Crippen molar-refractivity contribution >= 4 is 15.9 Å². The van der Waals surface area contributed by atoms with E-state index in [-0.39, 0.29) is 18.5 Å². The van der Waals surface area contributed by atoms with E-state index in [1.807, 2.05) is 39.1 Å². The number of benzene rings is 1. The van der Waals surface area contributed by atoms with Crippen molar-refractivity contribution < 1.29 is 21.6 Å². The van der Waals surface area contributed by atoms with E-state index in [1.165, 1.54) is 14.8 Å². The van der Waals surface area contributed by atoms with Crippen molar-refractivity contribution in [1.29, 1.82) is 0 Å². The third-order valence-electron chi connectivity index (χ3n) is 5.82. The van der Waals surface area contributed by atoms with Crippen LogP contribution in [0.2, 0.25) is 0 Å². The predicted octanol–water partition coefficient (Wildman–Crippen LogP) is 3.26. The predicted molar refractivity (Wildman–Crippen MR) is 122 cm³/mol. The molecule has 182 valence electrons. The maximum atomic E-state index is 13.7. The summed E-state index contributed by atoms with van der Waals surface area (Å²) in [4.78, 5) is 6.46. The van der Waals surface area contributed by atoms with Gasteiger partial charge in [-0.2, -0.15) is 21.5 Å². The number of piperazine rings is 1. The number of hydrogen-bond acceptors (Lipinski definition) is 7. The molecule has 0 spiro atoms. The van der Waals surface area contributed by atoms with E-state index in [1.54, 1.807) is 18.2 Å². The second kappa shape index (κ2) is 9.72. The van der Waals surface area contributed by atoms with E-state index >= 15 is 0 Å². The molecule has 1 saturated heterocycles. The number of rotatable bonds is 7. The van der Waals surface area contributed by atoms with Gasteiger partial charge >= 0.3 is 16.6 Å². The molecule has 0 amide bonds. The minimum atomic E-state index is -3.84. The Labute approximate surface area is 197 Å². The van der Waals surface area contributed by atoms with Crippen LogP contribution in [0.5, 0.6) is 0 Å². The monoisotopic (exact) mass is 492 g/mol. The summed E-state index contributed by atoms with van der Waals surface area (Å²) in [6, 6.07) is 10.6. The first-order chi connectivity index (χ1) is 16.1. The normalized spacial score (nSPS) is 17.9. The highest BCUT2D eigenvalue weighted by atomic mass is 32.2. The van der Waals surface area contributed by atoms with Crippen LogP contribution in [0.1, 0.15) is 30.5 Å². The molecule has 2 aromatic heterocycles. The van der Waals surface area contributed by atoms with Crippen LogP contribution in [0.25, 0.3) is 11.5 Å². The molecule has 12 heteroatoms. The first-order valence-electron chi connectivity index (χ1n) is 10.8. The van der Waals surface area contributed by atoms with Gasteiger partial charge in [-0.25, -0.2) is 0 Å². The van der Waals surface area contributed by atoms with Crippen molar-refractivity contribution in [2.24, 2.45) is 0 Å². The van der Waals surface area contributed by atoms with Crippen molar-refractivity contribution in [1.82, 2.24) is 24.4 Å². The summed E-state index contributed by atoms with van der Waals surface area (Å²) >= 11 is 0. The van der Waals surface area contributed by atoms with E-state index in [0.29, 0.717) is 36.6 Å². The largest absolute Gasteiger partial charge is 0.415 e. The average Bonchev–Trinajstić information content (AvgIpc) is 3.30. The summed E-state index contributed by atoms with van der Waals surface area (Å²) < 4.78 is 60.7. The number of hydrogen-bond donors (Lipinski definition) is 0. The Balaban J connectivity index is 1.62. The van der Waals surface area contributed by atoms with Gasteiger partial charge in [0.1, 0.15) is 0 Å². The fraction of sp³-hybridized carbons (Fsp3) is 0.409. The Kier molecular flexibility index (Phi) is 6.91. The molecule has 3 heterocycles. The number of aromatic nitrogens is 3. The standard InChI is InChI=1S/C22H26F2N6O3S/c1-15-5-4-6-19(11-15)30(34(31,32)29-10-9-28(3)16(2)13-29)14-18-8-7-17(12-25-18)21-26-27-22(33-21)20(23)24/h4-8,11-12,16,20H,9-10,13-14H2,1-3H3/t16-/m1/s1. The zero-order chi connectivity index (χ0) is 24.5. The summed E-state index contributed by atoms with van der Waals surface area (Å²) in [5.41, 5.74) is 2.31. The lowest BCUT2D eigenvalue weighted by Crippen LogP contribution is -2.55. The van der Waals surface area contributed by atoms with E-state index in [9.17, 15) is 17.2 Å². The van der Waals surface area contributed by atoms with Gasteiger partial charge in [-0.15, -0.1) is 10.2 Å². The zero-order valence-electron chi connectivity index (χ0n) is 19.1. The fourth-order valence-electron chi connectivity index (χ4n) is 3.68. The molecule has 1 atom stereocenters. The second-order valence-electron chi connectivity index (χ2n) is 8.33. The molecule has 4 rings (SSSR count). The highest BCUT2D eigenvalue weighted by Crippen LogP contribution is 2.27. The van der Waals surface area contributed by atoms with Gasteiger partial charge in [-0.05, 0) is 50.7 Å². The van der Waals surface area contributed by atoms with Gasteiger partial charge in [0.25, 0.3) is 5.89 Å². The van der Waals surface area contributed by atoms with Crippen molar-refractivity contribution in [2.45, 2.75) is 32.9 Å². The highest BCUT2D eigenvalue weighted by molar-refractivity contribution is 7.90. The van der Waals surface area contributed by atoms with E-state index in [2.05, 4.69) is 20.1 Å². The SMILES string of the molecule is Cc1cccc(N(Cc2ccc(-c3nnc(C(F)F)o3)cn2)S(=O)(=O)N2CCN(C)[C@H](C)C2)c1. The number of alkyl halides is 2. The minimum absolute atomic E-state index is 0.00109. The Hall–Kier alpha value is -2.96. The van der Waals surface area contributed by atoms with Gasteiger partial charge in [-0.1, -0.05) is 12.1 Å². The quantitative estimate of drug-likeness (QED) is 0.500. The Morgan fingerprint density at radius 1 is 1.21 bits per heavy atom. The lowest BCUT2D eigenvalue weighted by molar-refractivity contribution is 0.116. The molecule has 0 N–H and O–H groups in total. The molecule has 0 bridgehead atoms. The minimum Gasteiger partial charge on any atom is -0.415 e. The molecule has 34 heavy (non-hydrogen) atoms. The molecule has 9 nitrogen and oxygen atoms in total. The molecule has 1 aliphatic heterocycles.